The summed E-state index contributed by atoms with van der Waals surface area (Å²) in [5, 5.41) is 1.90. The fourth-order valence-corrected chi connectivity index (χ4v) is 7.58. The molecule has 0 atom stereocenters. The summed E-state index contributed by atoms with van der Waals surface area (Å²) < 4.78 is 48.3. The molecular weight excluding hydrogens is 825 g/mol. The van der Waals surface area contributed by atoms with Crippen LogP contribution in [0, 0.1) is 12.1 Å². The second-order valence-electron chi connectivity index (χ2n) is 12.2. The van der Waals surface area contributed by atoms with Crippen molar-refractivity contribution in [3.63, 3.8) is 0 Å². The molecule has 0 aliphatic rings. The van der Waals surface area contributed by atoms with E-state index >= 15 is 0 Å². The van der Waals surface area contributed by atoms with E-state index in [0.717, 1.165) is 38.7 Å². The number of furan rings is 1. The van der Waals surface area contributed by atoms with Crippen molar-refractivity contribution >= 4 is 39.6 Å². The van der Waals surface area contributed by atoms with Crippen LogP contribution in [-0.4, -0.2) is 23.2 Å². The molecule has 0 saturated carbocycles. The second kappa shape index (κ2) is 14.7. The van der Waals surface area contributed by atoms with E-state index in [1.54, 1.807) is 18.3 Å². The third kappa shape index (κ3) is 7.27. The summed E-state index contributed by atoms with van der Waals surface area (Å²) in [4.78, 5) is 9.03. The molecule has 0 aliphatic carbocycles. The van der Waals surface area contributed by atoms with E-state index in [0.29, 0.717) is 22.4 Å². The Morgan fingerprint density at radius 2 is 1.44 bits per heavy atom. The van der Waals surface area contributed by atoms with Gasteiger partial charge in [-0.3, -0.25) is 0 Å². The van der Waals surface area contributed by atoms with Crippen molar-refractivity contribution in [1.82, 2.24) is 9.97 Å². The van der Waals surface area contributed by atoms with Crippen molar-refractivity contribution in [3.8, 4) is 44.8 Å². The van der Waals surface area contributed by atoms with Gasteiger partial charge in [0.1, 0.15) is 5.58 Å². The van der Waals surface area contributed by atoms with Crippen LogP contribution in [-0.2, 0) is 20.1 Å². The molecule has 237 valence electrons. The maximum Gasteiger partial charge on any atom is 0 e. The van der Waals surface area contributed by atoms with Crippen LogP contribution in [0.25, 0.3) is 66.7 Å². The largest absolute Gasteiger partial charge is 0 e. The monoisotopic (exact) mass is 866 g/mol. The van der Waals surface area contributed by atoms with E-state index in [1.165, 1.54) is 4.40 Å². The summed E-state index contributed by atoms with van der Waals surface area (Å²) in [6, 6.07) is 40.4. The minimum absolute atomic E-state index is 0. The minimum atomic E-state index is -1.72. The van der Waals surface area contributed by atoms with Crippen LogP contribution in [0.1, 0.15) is 6.85 Å². The van der Waals surface area contributed by atoms with E-state index in [9.17, 15) is 0 Å². The number of aromatic nitrogens is 2. The summed E-state index contributed by atoms with van der Waals surface area (Å²) in [7, 11) is 0. The molecule has 0 spiro atoms. The topological polar surface area (TPSA) is 38.9 Å². The molecule has 0 amide bonds. The zero-order valence-electron chi connectivity index (χ0n) is 31.7. The third-order valence-electron chi connectivity index (χ3n) is 7.96. The number of pyridine rings is 2. The van der Waals surface area contributed by atoms with Gasteiger partial charge in [0.15, 0.2) is 0 Å². The fourth-order valence-electron chi connectivity index (χ4n) is 5.41. The van der Waals surface area contributed by atoms with Gasteiger partial charge in [-0.15, -0.1) is 18.2 Å². The molecule has 0 saturated heterocycles. The summed E-state index contributed by atoms with van der Waals surface area (Å²) in [5.74, 6) is 7.14. The van der Waals surface area contributed by atoms with Gasteiger partial charge < -0.3 is 9.40 Å². The molecule has 0 bridgehead atoms. The Kier molecular flexibility index (Phi) is 8.35. The summed E-state index contributed by atoms with van der Waals surface area (Å²) >= 11 is -1.72. The number of rotatable bonds is 5. The van der Waals surface area contributed by atoms with Crippen LogP contribution in [0.15, 0.2) is 156 Å². The molecule has 3 nitrogen and oxygen atoms in total. The molecular formula is C43H34GeIrN2O-2. The van der Waals surface area contributed by atoms with Gasteiger partial charge in [-0.1, -0.05) is 89.7 Å². The van der Waals surface area contributed by atoms with E-state index < -0.39 is 19.3 Å². The Labute approximate surface area is 305 Å². The van der Waals surface area contributed by atoms with Gasteiger partial charge in [-0.05, 0) is 40.1 Å². The quantitative estimate of drug-likeness (QED) is 0.128. The number of benzene rings is 5. The molecule has 0 N–H and O–H groups in total. The number of fused-ring (bicyclic) bond motifs is 3. The van der Waals surface area contributed by atoms with Crippen LogP contribution < -0.4 is 4.40 Å². The first-order chi connectivity index (χ1) is 25.0. The Hall–Kier alpha value is -4.61. The molecule has 5 heteroatoms. The van der Waals surface area contributed by atoms with Crippen molar-refractivity contribution in [3.05, 3.63) is 164 Å². The summed E-state index contributed by atoms with van der Waals surface area (Å²) in [5.41, 5.74) is 7.38. The fraction of sp³-hybridized carbons (Fsp3) is 0.0698. The summed E-state index contributed by atoms with van der Waals surface area (Å²) in [6.07, 6.45) is 3.60. The smallest absolute Gasteiger partial charge is 0 e. The SMILES string of the molecule is [2H]c1c([2H])c([2H])c(-c2ccnc(-c3[c-]ccc4c3oc3cc(-c5ccccc5)ccc34)c2)c([2H])c1[2H].[CH3][Ge]([CH3])([CH3])[c]1ccc(-c2[c-]cccc2)nc1.[Ir]. The van der Waals surface area contributed by atoms with Gasteiger partial charge in [0.05, 0.1) is 12.4 Å². The molecule has 0 fully saturated rings. The zero-order valence-corrected chi connectivity index (χ0v) is 31.2. The molecule has 3 aromatic heterocycles. The normalized spacial score (nSPS) is 12.5. The van der Waals surface area contributed by atoms with E-state index in [4.69, 9.17) is 11.3 Å². The maximum atomic E-state index is 8.32. The van der Waals surface area contributed by atoms with Gasteiger partial charge in [0.2, 0.25) is 0 Å². The number of hydrogen-bond donors (Lipinski definition) is 0. The van der Waals surface area contributed by atoms with Crippen LogP contribution in [0.3, 0.4) is 0 Å². The standard InChI is InChI=1S/C29H18NO.C14H16GeN.Ir/c1-3-8-20(9-4-1)22-14-15-24-25-12-7-13-26(29(25)31-28(24)19-22)27-18-23(16-17-30-27)21-10-5-2-6-11-21;1-15(2,3)13-9-10-14(16-11-13)12-7-5-4-6-8-12;/h1-12,14-19H;4-7,9-11H,1-3H3;/q2*-1;/i2D,5D,6D,10D,11D;;. The Bertz CT molecular complexity index is 2530. The Balaban J connectivity index is 0.000000238. The Morgan fingerprint density at radius 1 is 0.646 bits per heavy atom. The van der Waals surface area contributed by atoms with Crippen molar-refractivity contribution in [2.24, 2.45) is 0 Å². The van der Waals surface area contributed by atoms with Gasteiger partial charge in [-0.25, -0.2) is 0 Å². The first kappa shape index (κ1) is 27.4. The maximum absolute atomic E-state index is 8.32. The van der Waals surface area contributed by atoms with E-state index in [2.05, 4.69) is 69.7 Å². The average Bonchev–Trinajstić information content (AvgIpc) is 3.55. The molecule has 0 unspecified atom stereocenters. The van der Waals surface area contributed by atoms with Crippen molar-refractivity contribution in [2.45, 2.75) is 17.3 Å². The Morgan fingerprint density at radius 3 is 2.17 bits per heavy atom. The van der Waals surface area contributed by atoms with Gasteiger partial charge in [0, 0.05) is 31.7 Å². The zero-order chi connectivity index (χ0) is 36.6. The predicted molar refractivity (Wildman–Crippen MR) is 198 cm³/mol. The third-order valence-corrected chi connectivity index (χ3v) is 12.2. The molecule has 0 aliphatic heterocycles. The van der Waals surface area contributed by atoms with E-state index in [-0.39, 0.29) is 49.8 Å². The molecule has 1 radical (unpaired) electrons. The van der Waals surface area contributed by atoms with Gasteiger partial charge in [-0.2, -0.15) is 0 Å². The number of nitrogens with zero attached hydrogens (tertiary/aromatic N) is 2. The first-order valence-electron chi connectivity index (χ1n) is 17.9. The van der Waals surface area contributed by atoms with Crippen LogP contribution in [0.4, 0.5) is 0 Å². The molecule has 8 rings (SSSR count). The molecule has 3 heterocycles. The molecule has 48 heavy (non-hydrogen) atoms. The first-order valence-corrected chi connectivity index (χ1v) is 22.8. The number of hydrogen-bond acceptors (Lipinski definition) is 3. The van der Waals surface area contributed by atoms with Crippen molar-refractivity contribution in [2.75, 3.05) is 0 Å². The van der Waals surface area contributed by atoms with Crippen molar-refractivity contribution in [1.29, 1.82) is 0 Å². The minimum Gasteiger partial charge on any atom is 0 e. The predicted octanol–water partition coefficient (Wildman–Crippen LogP) is 10.9. The van der Waals surface area contributed by atoms with Gasteiger partial charge in [0.25, 0.3) is 0 Å². The summed E-state index contributed by atoms with van der Waals surface area (Å²) in [6.45, 7) is 0. The van der Waals surface area contributed by atoms with Crippen LogP contribution in [0.2, 0.25) is 17.3 Å². The van der Waals surface area contributed by atoms with E-state index in [1.807, 2.05) is 72.9 Å². The van der Waals surface area contributed by atoms with Crippen molar-refractivity contribution < 1.29 is 31.4 Å². The second-order valence-corrected chi connectivity index (χ2v) is 22.8. The average molecular weight is 865 g/mol. The van der Waals surface area contributed by atoms with Crippen LogP contribution in [0.5, 0.6) is 0 Å². The molecule has 5 aromatic carbocycles. The van der Waals surface area contributed by atoms with Gasteiger partial charge >= 0.3 is 99.8 Å². The van der Waals surface area contributed by atoms with Crippen LogP contribution >= 0.6 is 0 Å². The molecule has 8 aromatic rings.